The predicted molar refractivity (Wildman–Crippen MR) is 85.7 cm³/mol. The van der Waals surface area contributed by atoms with Gasteiger partial charge in [-0.2, -0.15) is 0 Å². The van der Waals surface area contributed by atoms with Crippen LogP contribution in [0, 0.1) is 0 Å². The molecular formula is C16H16ClNO5. The number of nitrogens with one attached hydrogen (secondary N) is 1. The first-order chi connectivity index (χ1) is 10.8. The second-order valence-electron chi connectivity index (χ2n) is 5.24. The van der Waals surface area contributed by atoms with Gasteiger partial charge in [0.2, 0.25) is 0 Å². The average Bonchev–Trinajstić information content (AvgIpc) is 2.52. The molecule has 3 N–H and O–H groups in total. The molecule has 0 saturated carbocycles. The highest BCUT2D eigenvalue weighted by atomic mass is 35.5. The summed E-state index contributed by atoms with van der Waals surface area (Å²) in [6, 6.07) is 10.7. The number of hydrogen-bond donors (Lipinski definition) is 3. The number of fused-ring (bicyclic) bond motifs is 1. The van der Waals surface area contributed by atoms with Gasteiger partial charge in [-0.05, 0) is 19.1 Å². The van der Waals surface area contributed by atoms with Crippen LogP contribution in [0.1, 0.15) is 6.92 Å². The molecule has 1 atom stereocenters. The summed E-state index contributed by atoms with van der Waals surface area (Å²) in [6.45, 7) is 0.385. The van der Waals surface area contributed by atoms with E-state index in [-0.39, 0.29) is 6.61 Å². The van der Waals surface area contributed by atoms with Crippen molar-refractivity contribution in [2.45, 2.75) is 12.5 Å². The first-order valence-electron chi connectivity index (χ1n) is 6.84. The Labute approximate surface area is 137 Å². The number of carboxylic acid groups (broad SMARTS) is 1. The topological polar surface area (TPSA) is 95.9 Å². The second-order valence-corrected chi connectivity index (χ2v) is 5.64. The van der Waals surface area contributed by atoms with E-state index in [4.69, 9.17) is 21.4 Å². The van der Waals surface area contributed by atoms with Crippen LogP contribution in [-0.2, 0) is 9.59 Å². The van der Waals surface area contributed by atoms with Gasteiger partial charge in [0.1, 0.15) is 5.75 Å². The molecule has 0 bridgehead atoms. The van der Waals surface area contributed by atoms with Crippen LogP contribution in [0.25, 0.3) is 10.8 Å². The van der Waals surface area contributed by atoms with Crippen molar-refractivity contribution in [2.24, 2.45) is 0 Å². The van der Waals surface area contributed by atoms with Crippen molar-refractivity contribution in [3.8, 4) is 5.75 Å². The summed E-state index contributed by atoms with van der Waals surface area (Å²) in [7, 11) is 0. The number of carbonyl (C=O) groups excluding carboxylic acids is 1. The molecule has 2 aromatic carbocycles. The fourth-order valence-corrected chi connectivity index (χ4v) is 2.13. The molecule has 0 fully saturated rings. The van der Waals surface area contributed by atoms with Crippen LogP contribution in [-0.4, -0.2) is 40.8 Å². The van der Waals surface area contributed by atoms with E-state index in [9.17, 15) is 14.7 Å². The van der Waals surface area contributed by atoms with E-state index >= 15 is 0 Å². The zero-order chi connectivity index (χ0) is 17.0. The Hall–Kier alpha value is -2.31. The molecule has 2 aromatic rings. The Morgan fingerprint density at radius 1 is 1.22 bits per heavy atom. The average molecular weight is 338 g/mol. The molecule has 0 heterocycles. The lowest BCUT2D eigenvalue weighted by molar-refractivity contribution is -0.156. The molecule has 2 rings (SSSR count). The Morgan fingerprint density at radius 3 is 2.52 bits per heavy atom. The van der Waals surface area contributed by atoms with E-state index in [2.05, 4.69) is 5.32 Å². The SMILES string of the molecule is CC(O)(CNC(=O)COc1ccc(Cl)c2ccccc12)C(=O)O. The Kier molecular flexibility index (Phi) is 5.08. The number of carboxylic acids is 1. The monoisotopic (exact) mass is 337 g/mol. The molecule has 7 heteroatoms. The Balaban J connectivity index is 2.00. The van der Waals surface area contributed by atoms with Gasteiger partial charge in [0.05, 0.1) is 6.54 Å². The molecule has 122 valence electrons. The van der Waals surface area contributed by atoms with Gasteiger partial charge in [0, 0.05) is 15.8 Å². The number of rotatable bonds is 6. The van der Waals surface area contributed by atoms with E-state index in [0.29, 0.717) is 10.8 Å². The number of aliphatic carboxylic acids is 1. The maximum atomic E-state index is 11.7. The van der Waals surface area contributed by atoms with Crippen molar-refractivity contribution in [3.05, 3.63) is 41.4 Å². The second kappa shape index (κ2) is 6.85. The van der Waals surface area contributed by atoms with Crippen LogP contribution in [0.4, 0.5) is 0 Å². The summed E-state index contributed by atoms with van der Waals surface area (Å²) >= 11 is 6.10. The highest BCUT2D eigenvalue weighted by molar-refractivity contribution is 6.35. The molecule has 0 spiro atoms. The lowest BCUT2D eigenvalue weighted by Gasteiger charge is -2.18. The van der Waals surface area contributed by atoms with Crippen molar-refractivity contribution in [1.82, 2.24) is 5.32 Å². The smallest absolute Gasteiger partial charge is 0.337 e. The van der Waals surface area contributed by atoms with Crippen LogP contribution < -0.4 is 10.1 Å². The van der Waals surface area contributed by atoms with E-state index in [0.717, 1.165) is 17.7 Å². The summed E-state index contributed by atoms with van der Waals surface area (Å²) in [6.07, 6.45) is 0. The highest BCUT2D eigenvalue weighted by Crippen LogP contribution is 2.31. The van der Waals surface area contributed by atoms with Crippen LogP contribution >= 0.6 is 11.6 Å². The third kappa shape index (κ3) is 4.12. The highest BCUT2D eigenvalue weighted by Gasteiger charge is 2.30. The first kappa shape index (κ1) is 17.1. The van der Waals surface area contributed by atoms with Crippen molar-refractivity contribution in [1.29, 1.82) is 0 Å². The van der Waals surface area contributed by atoms with Gasteiger partial charge in [-0.25, -0.2) is 4.79 Å². The lowest BCUT2D eigenvalue weighted by Crippen LogP contribution is -2.47. The number of benzene rings is 2. The Bertz CT molecular complexity index is 744. The number of carbonyl (C=O) groups is 2. The van der Waals surface area contributed by atoms with E-state index in [1.165, 1.54) is 0 Å². The van der Waals surface area contributed by atoms with Gasteiger partial charge in [0.15, 0.2) is 12.2 Å². The summed E-state index contributed by atoms with van der Waals surface area (Å²) in [5.74, 6) is -1.46. The molecule has 0 aliphatic carbocycles. The van der Waals surface area contributed by atoms with Crippen LogP contribution in [0.5, 0.6) is 5.75 Å². The molecular weight excluding hydrogens is 322 g/mol. The fraction of sp³-hybridized carbons (Fsp3) is 0.250. The van der Waals surface area contributed by atoms with Crippen molar-refractivity contribution in [2.75, 3.05) is 13.2 Å². The maximum Gasteiger partial charge on any atom is 0.337 e. The van der Waals surface area contributed by atoms with E-state index in [1.807, 2.05) is 24.3 Å². The van der Waals surface area contributed by atoms with Crippen LogP contribution in [0.2, 0.25) is 5.02 Å². The summed E-state index contributed by atoms with van der Waals surface area (Å²) < 4.78 is 5.46. The summed E-state index contributed by atoms with van der Waals surface area (Å²) in [4.78, 5) is 22.5. The summed E-state index contributed by atoms with van der Waals surface area (Å²) in [5, 5.41) is 22.8. The standard InChI is InChI=1S/C16H16ClNO5/c1-16(22,15(20)21)9-18-14(19)8-23-13-7-6-12(17)10-4-2-3-5-11(10)13/h2-7,22H,8-9H2,1H3,(H,18,19)(H,20,21). The molecule has 0 radical (unpaired) electrons. The van der Waals surface area contributed by atoms with Gasteiger partial charge in [-0.1, -0.05) is 35.9 Å². The van der Waals surface area contributed by atoms with Gasteiger partial charge >= 0.3 is 5.97 Å². The minimum absolute atomic E-state index is 0.304. The van der Waals surface area contributed by atoms with E-state index in [1.54, 1.807) is 12.1 Å². The lowest BCUT2D eigenvalue weighted by atomic mass is 10.1. The predicted octanol–water partition coefficient (Wildman–Crippen LogP) is 1.82. The number of amides is 1. The quantitative estimate of drug-likeness (QED) is 0.747. The van der Waals surface area contributed by atoms with Gasteiger partial charge < -0.3 is 20.3 Å². The van der Waals surface area contributed by atoms with E-state index < -0.39 is 24.0 Å². The number of ether oxygens (including phenoxy) is 1. The molecule has 1 unspecified atom stereocenters. The van der Waals surface area contributed by atoms with Crippen molar-refractivity contribution in [3.63, 3.8) is 0 Å². The van der Waals surface area contributed by atoms with Crippen LogP contribution in [0.15, 0.2) is 36.4 Å². The van der Waals surface area contributed by atoms with Crippen molar-refractivity contribution < 1.29 is 24.5 Å². The molecule has 0 aliphatic rings. The molecule has 0 aliphatic heterocycles. The normalized spacial score (nSPS) is 13.3. The van der Waals surface area contributed by atoms with Gasteiger partial charge in [0.25, 0.3) is 5.91 Å². The zero-order valence-corrected chi connectivity index (χ0v) is 13.1. The minimum atomic E-state index is -2.03. The third-order valence-corrected chi connectivity index (χ3v) is 3.61. The Morgan fingerprint density at radius 2 is 1.87 bits per heavy atom. The summed E-state index contributed by atoms with van der Waals surface area (Å²) in [5.41, 5.74) is -2.03. The zero-order valence-electron chi connectivity index (χ0n) is 12.4. The number of aliphatic hydroxyl groups is 1. The molecule has 6 nitrogen and oxygen atoms in total. The minimum Gasteiger partial charge on any atom is -0.483 e. The van der Waals surface area contributed by atoms with Gasteiger partial charge in [-0.15, -0.1) is 0 Å². The van der Waals surface area contributed by atoms with Gasteiger partial charge in [-0.3, -0.25) is 4.79 Å². The molecule has 1 amide bonds. The first-order valence-corrected chi connectivity index (χ1v) is 7.21. The largest absolute Gasteiger partial charge is 0.483 e. The third-order valence-electron chi connectivity index (χ3n) is 3.28. The van der Waals surface area contributed by atoms with Crippen LogP contribution in [0.3, 0.4) is 0 Å². The fourth-order valence-electron chi connectivity index (χ4n) is 1.90. The number of halogens is 1. The number of hydrogen-bond acceptors (Lipinski definition) is 4. The molecule has 0 saturated heterocycles. The van der Waals surface area contributed by atoms with Crippen molar-refractivity contribution >= 4 is 34.2 Å². The molecule has 23 heavy (non-hydrogen) atoms. The molecule has 0 aromatic heterocycles. The maximum absolute atomic E-state index is 11.7.